The number of rotatable bonds is 20. The van der Waals surface area contributed by atoms with E-state index in [2.05, 4.69) is 65.4 Å². The minimum atomic E-state index is -0.880. The summed E-state index contributed by atoms with van der Waals surface area (Å²) in [7, 11) is 9.22. The standard InChI is InChI=1S/C33H41FN8O4.C18H16FN3O3.C15H27N5O2.C2H4O2.CH4/c1-19-8-9-22(16-41(19)26-17-40(38-20(26)2)18-33(3,4)43)30-37-31-25-12-23(34)13-28(46-7)29(25)36-32(42(31)39-30)35-15-21-10-11-24(44-5)14-27(21)45-6;1-20-15-7-13(19)8-17(25-4)18(15)22-11-21-10-12-5-6-14(23-2)9-16(12)24-3;1-10-5-6-12(14(21)17-16)7-20(10)13-8-19(18-11(13)2)9-15(3,4)22;1-2(3)4;/h10-14,17,19,22,43H,8-9,15-16,18H2,1-7H3,(H,35,36);5-9H,10H2,2-4H3;8,10,12,22H,5-7,9,16H2,1-4H3,(H,17,21);1H3,(H,3,4);1H4. The van der Waals surface area contributed by atoms with Crippen LogP contribution in [0.1, 0.15) is 116 Å². The second-order valence-electron chi connectivity index (χ2n) is 24.8. The van der Waals surface area contributed by atoms with Crippen molar-refractivity contribution in [3.63, 3.8) is 0 Å². The number of carbonyl (C=O) groups is 2. The Morgan fingerprint density at radius 2 is 1.24 bits per heavy atom. The number of ether oxygens (including phenoxy) is 6. The Morgan fingerprint density at radius 3 is 1.78 bits per heavy atom. The van der Waals surface area contributed by atoms with Gasteiger partial charge in [0.1, 0.15) is 57.3 Å². The van der Waals surface area contributed by atoms with Crippen LogP contribution < -0.4 is 54.8 Å². The van der Waals surface area contributed by atoms with Crippen LogP contribution in [0.15, 0.2) is 83.0 Å². The molecule has 528 valence electrons. The number of nitrogens with one attached hydrogen (secondary N) is 2. The number of carbonyl (C=O) groups excluding carboxylic acids is 1. The Hall–Kier alpha value is -10.1. The second-order valence-corrected chi connectivity index (χ2v) is 24.8. The Kier molecular flexibility index (Phi) is 26.8. The van der Waals surface area contributed by atoms with E-state index in [1.54, 1.807) is 82.1 Å². The van der Waals surface area contributed by atoms with Crippen LogP contribution in [0.3, 0.4) is 0 Å². The first-order valence-corrected chi connectivity index (χ1v) is 31.3. The maximum atomic E-state index is 14.8. The van der Waals surface area contributed by atoms with E-state index in [0.717, 1.165) is 78.6 Å². The monoisotopic (exact) mass is 1360 g/mol. The first-order valence-electron chi connectivity index (χ1n) is 31.3. The van der Waals surface area contributed by atoms with Gasteiger partial charge in [0.2, 0.25) is 17.5 Å². The molecule has 2 saturated heterocycles. The van der Waals surface area contributed by atoms with Crippen LogP contribution in [0.5, 0.6) is 34.5 Å². The van der Waals surface area contributed by atoms with Crippen LogP contribution in [0.25, 0.3) is 21.4 Å². The van der Waals surface area contributed by atoms with Gasteiger partial charge < -0.3 is 58.9 Å². The van der Waals surface area contributed by atoms with Gasteiger partial charge in [-0.15, -0.1) is 5.10 Å². The molecule has 6 heterocycles. The van der Waals surface area contributed by atoms with Gasteiger partial charge in [-0.05, 0) is 117 Å². The summed E-state index contributed by atoms with van der Waals surface area (Å²) in [4.78, 5) is 46.6. The Morgan fingerprint density at radius 1 is 0.724 bits per heavy atom. The summed E-state index contributed by atoms with van der Waals surface area (Å²) < 4.78 is 65.4. The number of hydrogen-bond donors (Lipinski definition) is 6. The predicted molar refractivity (Wildman–Crippen MR) is 371 cm³/mol. The van der Waals surface area contributed by atoms with Gasteiger partial charge in [0.25, 0.3) is 5.97 Å². The fourth-order valence-electron chi connectivity index (χ4n) is 11.3. The number of fused-ring (bicyclic) bond motifs is 3. The Balaban J connectivity index is 0.000000246. The smallest absolute Gasteiger partial charge is 0.300 e. The lowest BCUT2D eigenvalue weighted by Gasteiger charge is -2.38. The van der Waals surface area contributed by atoms with Crippen LogP contribution >= 0.6 is 0 Å². The molecular formula is C69H92F2N16O11. The predicted octanol–water partition coefficient (Wildman–Crippen LogP) is 10.8. The molecule has 4 atom stereocenters. The minimum absolute atomic E-state index is 0. The maximum absolute atomic E-state index is 14.8. The average Bonchev–Trinajstić information content (AvgIpc) is 1.52. The number of nitrogens with two attached hydrogens (primary N) is 1. The van der Waals surface area contributed by atoms with Gasteiger partial charge >= 0.3 is 0 Å². The number of carboxylic acid groups (broad SMARTS) is 1. The Bertz CT molecular complexity index is 4150. The summed E-state index contributed by atoms with van der Waals surface area (Å²) in [6, 6.07) is 19.1. The molecule has 0 aliphatic carbocycles. The van der Waals surface area contributed by atoms with Crippen molar-refractivity contribution in [2.45, 2.75) is 151 Å². The molecule has 4 aromatic carbocycles. The van der Waals surface area contributed by atoms with Crippen LogP contribution in [0, 0.1) is 38.0 Å². The van der Waals surface area contributed by atoms with Crippen molar-refractivity contribution in [2.24, 2.45) is 21.7 Å². The number of aliphatic carboxylic acids is 1. The third-order valence-electron chi connectivity index (χ3n) is 16.0. The van der Waals surface area contributed by atoms with Gasteiger partial charge in [-0.2, -0.15) is 19.7 Å². The topological polar surface area (TPSA) is 315 Å². The molecule has 7 N–H and O–H groups in total. The van der Waals surface area contributed by atoms with Crippen molar-refractivity contribution in [1.29, 1.82) is 0 Å². The molecule has 2 aliphatic rings. The molecule has 29 heteroatoms. The highest BCUT2D eigenvalue weighted by atomic mass is 19.1. The number of aromatic nitrogens is 8. The number of hydrogen-bond acceptors (Lipinski definition) is 21. The van der Waals surface area contributed by atoms with Gasteiger partial charge in [0, 0.05) is 92.3 Å². The van der Waals surface area contributed by atoms with Gasteiger partial charge in [-0.1, -0.05) is 7.43 Å². The van der Waals surface area contributed by atoms with Gasteiger partial charge in [0.15, 0.2) is 11.5 Å². The molecule has 2 fully saturated rings. The zero-order valence-electron chi connectivity index (χ0n) is 57.6. The van der Waals surface area contributed by atoms with Gasteiger partial charge in [-0.25, -0.2) is 34.4 Å². The van der Waals surface area contributed by atoms with Crippen molar-refractivity contribution in [3.05, 3.63) is 124 Å². The van der Waals surface area contributed by atoms with Crippen LogP contribution in [0.2, 0.25) is 0 Å². The third kappa shape index (κ3) is 20.0. The number of benzene rings is 4. The molecule has 8 aromatic rings. The van der Waals surface area contributed by atoms with Crippen molar-refractivity contribution in [2.75, 3.05) is 70.9 Å². The van der Waals surface area contributed by atoms with E-state index in [-0.39, 0.29) is 54.9 Å². The highest BCUT2D eigenvalue weighted by molar-refractivity contribution is 5.96. The number of nitrogens with zero attached hydrogens (tertiary/aromatic N) is 13. The lowest BCUT2D eigenvalue weighted by atomic mass is 9.92. The highest BCUT2D eigenvalue weighted by Crippen LogP contribution is 2.40. The molecule has 10 rings (SSSR count). The summed E-state index contributed by atoms with van der Waals surface area (Å²) in [5.74, 6) is 7.43. The average molecular weight is 1360 g/mol. The van der Waals surface area contributed by atoms with E-state index < -0.39 is 28.8 Å². The number of methoxy groups -OCH3 is 6. The summed E-state index contributed by atoms with van der Waals surface area (Å²) in [6.07, 6.45) is 7.56. The quantitative estimate of drug-likeness (QED) is 0.0136. The normalized spacial score (nSPS) is 15.8. The lowest BCUT2D eigenvalue weighted by molar-refractivity contribution is -0.134. The summed E-state index contributed by atoms with van der Waals surface area (Å²) in [5.41, 5.74) is 7.31. The van der Waals surface area contributed by atoms with E-state index >= 15 is 0 Å². The summed E-state index contributed by atoms with van der Waals surface area (Å²) in [6.45, 7) is 26.4. The molecule has 0 spiro atoms. The number of carboxylic acids is 1. The third-order valence-corrected chi connectivity index (χ3v) is 16.0. The molecule has 98 heavy (non-hydrogen) atoms. The number of halogens is 2. The number of aryl methyl sites for hydroxylation is 2. The van der Waals surface area contributed by atoms with Crippen molar-refractivity contribution < 1.29 is 62.1 Å². The molecule has 4 aromatic heterocycles. The molecule has 0 radical (unpaired) electrons. The van der Waals surface area contributed by atoms with E-state index in [0.29, 0.717) is 95.8 Å². The number of aliphatic imine (C=N–C) groups is 2. The molecular weight excluding hydrogens is 1270 g/mol. The number of amides is 1. The van der Waals surface area contributed by atoms with Gasteiger partial charge in [0.05, 0.1) is 120 Å². The zero-order valence-corrected chi connectivity index (χ0v) is 57.6. The first kappa shape index (κ1) is 76.9. The van der Waals surface area contributed by atoms with E-state index in [4.69, 9.17) is 65.8 Å². The molecule has 4 unspecified atom stereocenters. The number of hydrazine groups is 1. The van der Waals surface area contributed by atoms with Crippen molar-refractivity contribution in [3.8, 4) is 34.5 Å². The lowest BCUT2D eigenvalue weighted by Crippen LogP contribution is -2.48. The van der Waals surface area contributed by atoms with Crippen molar-refractivity contribution >= 4 is 63.1 Å². The zero-order chi connectivity index (χ0) is 71.1. The SMILES string of the molecule is C.CC(=O)O.COc1ccc(CNc2nc3c(OC)cc(F)cc3c3nc(C4CCC(C)N(c5cn(CC(C)(C)O)nc5C)C4)nn23)c(OC)c1.Cc1nn(CC(C)(C)O)cc1N1CC(C(=O)NN)CCC1C.[C-]#[N+]c1cc(F)cc(OC)c1N=C=NCc1ccc(OC)cc1OC. The minimum Gasteiger partial charge on any atom is -0.497 e. The fourth-order valence-corrected chi connectivity index (χ4v) is 11.3. The maximum Gasteiger partial charge on any atom is 0.300 e. The molecule has 0 saturated carbocycles. The van der Waals surface area contributed by atoms with Crippen LogP contribution in [-0.2, 0) is 35.8 Å². The highest BCUT2D eigenvalue weighted by Gasteiger charge is 2.34. The van der Waals surface area contributed by atoms with Gasteiger partial charge in [-0.3, -0.25) is 24.4 Å². The van der Waals surface area contributed by atoms with E-state index in [9.17, 15) is 23.8 Å². The fraction of sp³-hybridized carbons (Fsp3) is 0.464. The van der Waals surface area contributed by atoms with E-state index in [1.165, 1.54) is 26.4 Å². The summed E-state index contributed by atoms with van der Waals surface area (Å²) >= 11 is 0. The van der Waals surface area contributed by atoms with Crippen molar-refractivity contribution in [1.82, 2.24) is 44.6 Å². The molecule has 1 amide bonds. The molecule has 27 nitrogen and oxygen atoms in total. The summed E-state index contributed by atoms with van der Waals surface area (Å²) in [5, 5.41) is 45.7. The second kappa shape index (κ2) is 34.2. The molecule has 2 aliphatic heterocycles. The van der Waals surface area contributed by atoms with Crippen LogP contribution in [-0.4, -0.2) is 151 Å². The first-order chi connectivity index (χ1) is 46.0. The number of aliphatic hydroxyl groups is 2. The molecule has 0 bridgehead atoms. The number of anilines is 3. The number of piperidine rings is 2. The van der Waals surface area contributed by atoms with Crippen LogP contribution in [0.4, 0.5) is 37.5 Å². The van der Waals surface area contributed by atoms with E-state index in [1.807, 2.05) is 50.5 Å². The Labute approximate surface area is 570 Å². The largest absolute Gasteiger partial charge is 0.497 e.